The number of hydrogen-bond acceptors (Lipinski definition) is 5. The van der Waals surface area contributed by atoms with Crippen molar-refractivity contribution in [1.82, 2.24) is 5.32 Å². The average molecular weight is 341 g/mol. The molecule has 0 saturated heterocycles. The number of carboxylic acid groups (broad SMARTS) is 3. The molecular weight excluding hydrogens is 322 g/mol. The van der Waals surface area contributed by atoms with Crippen molar-refractivity contribution < 1.29 is 39.6 Å². The molecule has 1 saturated carbocycles. The van der Waals surface area contributed by atoms with Crippen molar-refractivity contribution in [3.05, 3.63) is 12.2 Å². The van der Waals surface area contributed by atoms with Gasteiger partial charge in [-0.25, -0.2) is 0 Å². The van der Waals surface area contributed by atoms with Gasteiger partial charge >= 0.3 is 17.9 Å². The maximum Gasteiger partial charge on any atom is 0.308 e. The van der Waals surface area contributed by atoms with E-state index >= 15 is 0 Å². The monoisotopic (exact) mass is 341 g/mol. The van der Waals surface area contributed by atoms with E-state index in [0.717, 1.165) is 0 Å². The molecular formula is C15H19NO8. The zero-order valence-corrected chi connectivity index (χ0v) is 12.8. The molecule has 132 valence electrons. The van der Waals surface area contributed by atoms with Gasteiger partial charge in [0.15, 0.2) is 0 Å². The molecule has 1 fully saturated rings. The van der Waals surface area contributed by atoms with E-state index in [1.807, 2.05) is 0 Å². The van der Waals surface area contributed by atoms with Crippen LogP contribution in [0.2, 0.25) is 0 Å². The lowest BCUT2D eigenvalue weighted by molar-refractivity contribution is -0.174. The second kappa shape index (κ2) is 6.60. The second-order valence-corrected chi connectivity index (χ2v) is 6.25. The predicted octanol–water partition coefficient (Wildman–Crippen LogP) is -0.982. The first-order valence-corrected chi connectivity index (χ1v) is 7.48. The first-order valence-electron chi connectivity index (χ1n) is 7.48. The molecule has 0 aromatic carbocycles. The first kappa shape index (κ1) is 17.9. The molecule has 9 heteroatoms. The molecule has 0 radical (unpaired) electrons. The number of carbonyl (C=O) groups is 4. The van der Waals surface area contributed by atoms with Gasteiger partial charge in [-0.2, -0.15) is 0 Å². The van der Waals surface area contributed by atoms with Crippen molar-refractivity contribution in [3.63, 3.8) is 0 Å². The van der Waals surface area contributed by atoms with E-state index in [1.54, 1.807) is 0 Å². The highest BCUT2D eigenvalue weighted by molar-refractivity contribution is 5.90. The minimum atomic E-state index is -1.40. The molecule has 24 heavy (non-hydrogen) atoms. The number of hydrogen-bond donors (Lipinski definition) is 5. The summed E-state index contributed by atoms with van der Waals surface area (Å²) in [6.45, 7) is 1.15. The lowest BCUT2D eigenvalue weighted by atomic mass is 9.53. The molecule has 0 heterocycles. The second-order valence-electron chi connectivity index (χ2n) is 6.25. The topological polar surface area (TPSA) is 161 Å². The highest BCUT2D eigenvalue weighted by Crippen LogP contribution is 2.51. The number of fused-ring (bicyclic) bond motifs is 2. The highest BCUT2D eigenvalue weighted by Gasteiger charge is 2.61. The number of rotatable bonds is 6. The summed E-state index contributed by atoms with van der Waals surface area (Å²) in [4.78, 5) is 47.2. The Hall–Kier alpha value is -2.42. The van der Waals surface area contributed by atoms with Crippen molar-refractivity contribution in [2.24, 2.45) is 35.5 Å². The molecule has 0 aromatic rings. The number of carbonyl (C=O) groups excluding carboxylic acids is 1. The number of aliphatic hydroxyl groups excluding tert-OH is 1. The number of nitrogens with one attached hydrogen (secondary N) is 1. The van der Waals surface area contributed by atoms with E-state index in [2.05, 4.69) is 5.32 Å². The van der Waals surface area contributed by atoms with Gasteiger partial charge in [0.2, 0.25) is 5.91 Å². The van der Waals surface area contributed by atoms with Crippen LogP contribution in [0.1, 0.15) is 6.92 Å². The summed E-state index contributed by atoms with van der Waals surface area (Å²) in [5, 5.41) is 39.7. The van der Waals surface area contributed by atoms with Gasteiger partial charge in [0.25, 0.3) is 0 Å². The van der Waals surface area contributed by atoms with Crippen LogP contribution in [0.5, 0.6) is 0 Å². The molecule has 0 aromatic heterocycles. The summed E-state index contributed by atoms with van der Waals surface area (Å²) in [5.41, 5.74) is 0. The van der Waals surface area contributed by atoms with E-state index in [-0.39, 0.29) is 6.61 Å². The molecule has 1 amide bonds. The minimum Gasteiger partial charge on any atom is -0.481 e. The van der Waals surface area contributed by atoms with Crippen LogP contribution in [0.3, 0.4) is 0 Å². The zero-order valence-electron chi connectivity index (χ0n) is 12.8. The van der Waals surface area contributed by atoms with Crippen LogP contribution >= 0.6 is 0 Å². The van der Waals surface area contributed by atoms with Gasteiger partial charge in [0.05, 0.1) is 30.3 Å². The smallest absolute Gasteiger partial charge is 0.308 e. The van der Waals surface area contributed by atoms with Crippen LogP contribution in [-0.2, 0) is 19.2 Å². The molecule has 7 unspecified atom stereocenters. The SMILES string of the molecule is CC(CO)NC(=O)C1C2C=CC(C(C(=O)O)C2C(=O)O)C1C(=O)O. The van der Waals surface area contributed by atoms with Crippen LogP contribution in [0.15, 0.2) is 12.2 Å². The lowest BCUT2D eigenvalue weighted by Crippen LogP contribution is -2.59. The number of aliphatic hydroxyl groups is 1. The van der Waals surface area contributed by atoms with Gasteiger partial charge in [-0.15, -0.1) is 0 Å². The lowest BCUT2D eigenvalue weighted by Gasteiger charge is -2.48. The van der Waals surface area contributed by atoms with Gasteiger partial charge in [-0.05, 0) is 6.92 Å². The minimum absolute atomic E-state index is 0.361. The van der Waals surface area contributed by atoms with E-state index in [0.29, 0.717) is 0 Å². The van der Waals surface area contributed by atoms with Crippen molar-refractivity contribution in [1.29, 1.82) is 0 Å². The Bertz CT molecular complexity index is 600. The third-order valence-electron chi connectivity index (χ3n) is 4.81. The Morgan fingerprint density at radius 1 is 0.875 bits per heavy atom. The predicted molar refractivity (Wildman–Crippen MR) is 77.7 cm³/mol. The maximum absolute atomic E-state index is 12.5. The van der Waals surface area contributed by atoms with Gasteiger partial charge in [0, 0.05) is 17.9 Å². The Balaban J connectivity index is 2.46. The van der Waals surface area contributed by atoms with Crippen molar-refractivity contribution in [3.8, 4) is 0 Å². The van der Waals surface area contributed by atoms with Crippen molar-refractivity contribution >= 4 is 23.8 Å². The largest absolute Gasteiger partial charge is 0.481 e. The maximum atomic E-state index is 12.5. The van der Waals surface area contributed by atoms with Crippen molar-refractivity contribution in [2.45, 2.75) is 13.0 Å². The van der Waals surface area contributed by atoms with Gasteiger partial charge in [-0.3, -0.25) is 19.2 Å². The fraction of sp³-hybridized carbons (Fsp3) is 0.600. The van der Waals surface area contributed by atoms with Crippen LogP contribution < -0.4 is 5.32 Å². The number of aliphatic carboxylic acids is 3. The molecule has 3 rings (SSSR count). The molecule has 0 aliphatic heterocycles. The van der Waals surface area contributed by atoms with Crippen molar-refractivity contribution in [2.75, 3.05) is 6.61 Å². The fourth-order valence-electron chi connectivity index (χ4n) is 3.82. The summed E-state index contributed by atoms with van der Waals surface area (Å²) in [6.07, 6.45) is 2.82. The molecule has 7 atom stereocenters. The van der Waals surface area contributed by atoms with Gasteiger partial charge < -0.3 is 25.7 Å². The summed E-state index contributed by atoms with van der Waals surface area (Å²) >= 11 is 0. The standard InChI is InChI=1S/C15H19NO8/c1-5(4-17)16-12(18)8-6-2-3-7(9(8)13(19)20)11(15(23)24)10(6)14(21)22/h2-3,5-11,17H,4H2,1H3,(H,16,18)(H,19,20)(H,21,22)(H,23,24). The third kappa shape index (κ3) is 2.86. The fourth-order valence-corrected chi connectivity index (χ4v) is 3.82. The molecule has 3 aliphatic carbocycles. The average Bonchev–Trinajstić information content (AvgIpc) is 2.52. The molecule has 3 aliphatic rings. The Morgan fingerprint density at radius 2 is 1.25 bits per heavy atom. The Labute approximate surface area is 137 Å². The molecule has 9 nitrogen and oxygen atoms in total. The van der Waals surface area contributed by atoms with E-state index in [9.17, 15) is 34.5 Å². The number of amides is 1. The summed E-state index contributed by atoms with van der Waals surface area (Å²) in [7, 11) is 0. The van der Waals surface area contributed by atoms with Crippen LogP contribution in [-0.4, -0.2) is 56.9 Å². The summed E-state index contributed by atoms with van der Waals surface area (Å²) in [6, 6.07) is -0.630. The van der Waals surface area contributed by atoms with Crippen LogP contribution in [0, 0.1) is 35.5 Å². The number of carboxylic acids is 3. The van der Waals surface area contributed by atoms with E-state index in [1.165, 1.54) is 19.1 Å². The van der Waals surface area contributed by atoms with E-state index in [4.69, 9.17) is 5.11 Å². The Kier molecular flexibility index (Phi) is 4.93. The Morgan fingerprint density at radius 3 is 1.62 bits per heavy atom. The zero-order chi connectivity index (χ0) is 18.2. The number of allylic oxidation sites excluding steroid dienone is 2. The third-order valence-corrected chi connectivity index (χ3v) is 4.81. The quantitative estimate of drug-likeness (QED) is 0.385. The van der Waals surface area contributed by atoms with Crippen LogP contribution in [0.25, 0.3) is 0 Å². The van der Waals surface area contributed by atoms with E-state index < -0.39 is 65.4 Å². The summed E-state index contributed by atoms with van der Waals surface area (Å²) < 4.78 is 0. The van der Waals surface area contributed by atoms with Gasteiger partial charge in [0.1, 0.15) is 0 Å². The molecule has 5 N–H and O–H groups in total. The first-order chi connectivity index (χ1) is 11.2. The van der Waals surface area contributed by atoms with Crippen LogP contribution in [0.4, 0.5) is 0 Å². The molecule has 2 bridgehead atoms. The normalized spacial score (nSPS) is 35.2. The highest BCUT2D eigenvalue weighted by atomic mass is 16.4. The molecule has 0 spiro atoms. The summed E-state index contributed by atoms with van der Waals surface area (Å²) in [5.74, 6) is -12.3. The van der Waals surface area contributed by atoms with Gasteiger partial charge in [-0.1, -0.05) is 12.2 Å².